The molecule has 11 heavy (non-hydrogen) atoms. The van der Waals surface area contributed by atoms with Crippen LogP contribution in [0.4, 0.5) is 0 Å². The number of nitrogens with zero attached hydrogens (tertiary/aromatic N) is 2. The van der Waals surface area contributed by atoms with E-state index in [4.69, 9.17) is 0 Å². The maximum absolute atomic E-state index is 2.48. The molecule has 0 saturated carbocycles. The molecule has 0 spiro atoms. The summed E-state index contributed by atoms with van der Waals surface area (Å²) >= 11 is -1.42. The first-order valence-electron chi connectivity index (χ1n) is 4.42. The average molecular weight is 265 g/mol. The zero-order valence-corrected chi connectivity index (χ0v) is 11.9. The van der Waals surface area contributed by atoms with E-state index in [9.17, 15) is 0 Å². The van der Waals surface area contributed by atoms with Crippen LogP contribution in [0.1, 0.15) is 19.8 Å². The molecule has 0 rings (SSSR count). The van der Waals surface area contributed by atoms with Gasteiger partial charge in [-0.25, -0.2) is 0 Å². The molecular weight excluding hydrogens is 243 g/mol. The van der Waals surface area contributed by atoms with Gasteiger partial charge < -0.3 is 0 Å². The molecule has 2 nitrogen and oxygen atoms in total. The molecule has 0 saturated heterocycles. The molecule has 0 N–H and O–H groups in total. The van der Waals surface area contributed by atoms with Crippen LogP contribution in [-0.2, 0) is 0 Å². The molecule has 68 valence electrons. The van der Waals surface area contributed by atoms with Crippen LogP contribution in [0.2, 0.25) is 4.44 Å². The van der Waals surface area contributed by atoms with E-state index in [0.29, 0.717) is 0 Å². The summed E-state index contributed by atoms with van der Waals surface area (Å²) in [7, 11) is 8.93. The van der Waals surface area contributed by atoms with E-state index in [1.165, 1.54) is 17.3 Å². The van der Waals surface area contributed by atoms with Crippen LogP contribution in [-0.4, -0.2) is 54.7 Å². The summed E-state index contributed by atoms with van der Waals surface area (Å²) in [5.74, 6) is 0. The van der Waals surface area contributed by atoms with Crippen molar-refractivity contribution in [1.82, 2.24) is 6.24 Å². The Kier molecular flexibility index (Phi) is 6.67. The van der Waals surface area contributed by atoms with Crippen molar-refractivity contribution in [2.75, 3.05) is 28.2 Å². The van der Waals surface area contributed by atoms with Gasteiger partial charge in [-0.1, -0.05) is 0 Å². The third-order valence-electron chi connectivity index (χ3n) is 2.01. The molecule has 0 aliphatic carbocycles. The SMILES string of the molecule is CCC[CH2][SnH]([N](C)C)[N](C)C. The van der Waals surface area contributed by atoms with Gasteiger partial charge in [-0.2, -0.15) is 0 Å². The number of unbranched alkanes of at least 4 members (excludes halogenated alkanes) is 1. The monoisotopic (exact) mass is 266 g/mol. The molecule has 0 heterocycles. The minimum atomic E-state index is -1.42. The van der Waals surface area contributed by atoms with Gasteiger partial charge in [-0.3, -0.25) is 0 Å². The van der Waals surface area contributed by atoms with Crippen LogP contribution in [0.5, 0.6) is 0 Å². The van der Waals surface area contributed by atoms with E-state index < -0.39 is 20.3 Å². The zero-order valence-electron chi connectivity index (χ0n) is 8.59. The van der Waals surface area contributed by atoms with E-state index in [1.807, 2.05) is 0 Å². The standard InChI is InChI=1S/C4H9.2C2H6N.Sn.H/c1-3-4-2;2*1-3-2;;/h1,3-4H2,2H3;2*1-2H3;;/q;2*-1;+2;. The van der Waals surface area contributed by atoms with Crippen molar-refractivity contribution >= 4 is 20.3 Å². The molecule has 0 aromatic heterocycles. The summed E-state index contributed by atoms with van der Waals surface area (Å²) in [5.41, 5.74) is 0. The van der Waals surface area contributed by atoms with Crippen molar-refractivity contribution in [3.63, 3.8) is 0 Å². The fourth-order valence-corrected chi connectivity index (χ4v) is 9.16. The van der Waals surface area contributed by atoms with Gasteiger partial charge >= 0.3 is 78.9 Å². The second kappa shape index (κ2) is 6.26. The first-order valence-corrected chi connectivity index (χ1v) is 9.70. The molecule has 0 amide bonds. The second-order valence-corrected chi connectivity index (χ2v) is 13.8. The first kappa shape index (κ1) is 11.7. The Morgan fingerprint density at radius 3 is 1.73 bits per heavy atom. The van der Waals surface area contributed by atoms with Crippen molar-refractivity contribution in [3.05, 3.63) is 0 Å². The minimum absolute atomic E-state index is 1.34. The number of hydrogen-bond acceptors (Lipinski definition) is 2. The van der Waals surface area contributed by atoms with Crippen LogP contribution in [0.3, 0.4) is 0 Å². The van der Waals surface area contributed by atoms with Crippen molar-refractivity contribution in [2.45, 2.75) is 24.2 Å². The fraction of sp³-hybridized carbons (Fsp3) is 1.00. The van der Waals surface area contributed by atoms with Gasteiger partial charge in [0.05, 0.1) is 0 Å². The predicted octanol–water partition coefficient (Wildman–Crippen LogP) is 1.13. The Morgan fingerprint density at radius 2 is 1.45 bits per heavy atom. The normalized spacial score (nSPS) is 12.0. The Bertz CT molecular complexity index is 86.1. The molecule has 0 aromatic carbocycles. The van der Waals surface area contributed by atoms with Crippen LogP contribution >= 0.6 is 0 Å². The van der Waals surface area contributed by atoms with Crippen LogP contribution in [0.25, 0.3) is 0 Å². The van der Waals surface area contributed by atoms with Crippen LogP contribution < -0.4 is 0 Å². The Balaban J connectivity index is 3.70. The van der Waals surface area contributed by atoms with Crippen molar-refractivity contribution in [1.29, 1.82) is 0 Å². The first-order chi connectivity index (χ1) is 5.09. The molecule has 0 unspecified atom stereocenters. The third kappa shape index (κ3) is 5.04. The maximum atomic E-state index is 2.48. The van der Waals surface area contributed by atoms with Gasteiger partial charge in [0.15, 0.2) is 0 Å². The average Bonchev–Trinajstić information content (AvgIpc) is 1.87. The van der Waals surface area contributed by atoms with Gasteiger partial charge in [-0.15, -0.1) is 0 Å². The molecule has 0 bridgehead atoms. The molecule has 0 radical (unpaired) electrons. The predicted molar refractivity (Wildman–Crippen MR) is 54.2 cm³/mol. The van der Waals surface area contributed by atoms with E-state index in [0.717, 1.165) is 0 Å². The Labute approximate surface area is 79.0 Å². The Hall–Kier alpha value is 0.719. The fourth-order valence-electron chi connectivity index (χ4n) is 1.36. The number of hydrogen-bond donors (Lipinski definition) is 0. The van der Waals surface area contributed by atoms with Gasteiger partial charge in [0.1, 0.15) is 0 Å². The second-order valence-electron chi connectivity index (χ2n) is 3.55. The zero-order chi connectivity index (χ0) is 8.85. The van der Waals surface area contributed by atoms with Crippen LogP contribution in [0, 0.1) is 0 Å². The summed E-state index contributed by atoms with van der Waals surface area (Å²) in [5, 5.41) is 0. The van der Waals surface area contributed by atoms with E-state index in [2.05, 4.69) is 41.4 Å². The van der Waals surface area contributed by atoms with Crippen LogP contribution in [0.15, 0.2) is 0 Å². The third-order valence-corrected chi connectivity index (χ3v) is 11.5. The quantitative estimate of drug-likeness (QED) is 0.687. The Morgan fingerprint density at radius 1 is 1.00 bits per heavy atom. The molecule has 0 aromatic rings. The van der Waals surface area contributed by atoms with Gasteiger partial charge in [0, 0.05) is 0 Å². The number of rotatable bonds is 5. The summed E-state index contributed by atoms with van der Waals surface area (Å²) in [6.07, 6.45) is 2.76. The van der Waals surface area contributed by atoms with Crippen molar-refractivity contribution in [2.24, 2.45) is 0 Å². The molecule has 0 aliphatic rings. The van der Waals surface area contributed by atoms with E-state index in [-0.39, 0.29) is 0 Å². The van der Waals surface area contributed by atoms with E-state index in [1.54, 1.807) is 0 Å². The summed E-state index contributed by atoms with van der Waals surface area (Å²) in [6, 6.07) is 0. The molecule has 3 heteroatoms. The van der Waals surface area contributed by atoms with E-state index >= 15 is 0 Å². The summed E-state index contributed by atoms with van der Waals surface area (Å²) in [4.78, 5) is 0. The van der Waals surface area contributed by atoms with Gasteiger partial charge in [0.2, 0.25) is 0 Å². The summed E-state index contributed by atoms with van der Waals surface area (Å²) < 4.78 is 6.45. The van der Waals surface area contributed by atoms with Crippen molar-refractivity contribution < 1.29 is 0 Å². The molecule has 0 atom stereocenters. The molecule has 0 fully saturated rings. The summed E-state index contributed by atoms with van der Waals surface area (Å²) in [6.45, 7) is 2.27. The molecular formula is C8H22N2Sn. The molecule has 0 aliphatic heterocycles. The topological polar surface area (TPSA) is 6.48 Å². The van der Waals surface area contributed by atoms with Gasteiger partial charge in [-0.05, 0) is 0 Å². The van der Waals surface area contributed by atoms with Gasteiger partial charge in [0.25, 0.3) is 0 Å². The van der Waals surface area contributed by atoms with Crippen molar-refractivity contribution in [3.8, 4) is 0 Å².